The second-order valence-electron chi connectivity index (χ2n) is 13.9. The zero-order valence-electron chi connectivity index (χ0n) is 28.4. The number of aromatic nitrogens is 5. The Labute approximate surface area is 294 Å². The quantitative estimate of drug-likeness (QED) is 0.201. The lowest BCUT2D eigenvalue weighted by molar-refractivity contribution is -0.138. The summed E-state index contributed by atoms with van der Waals surface area (Å²) < 4.78 is 2.28. The molecule has 0 spiro atoms. The third-order valence-corrected chi connectivity index (χ3v) is 10.7. The molecule has 2 aliphatic heterocycles. The smallest absolute Gasteiger partial charge is 0.248 e. The molecule has 1 aromatic carbocycles. The van der Waals surface area contributed by atoms with Crippen molar-refractivity contribution in [2.45, 2.75) is 77.9 Å². The lowest BCUT2D eigenvalue weighted by atomic mass is 9.98. The molecule has 49 heavy (non-hydrogen) atoms. The molecule has 11 nitrogen and oxygen atoms in total. The predicted octanol–water partition coefficient (Wildman–Crippen LogP) is 5.99. The molecule has 1 aliphatic carbocycles. The Morgan fingerprint density at radius 2 is 1.84 bits per heavy atom. The minimum Gasteiger partial charge on any atom is -0.325 e. The van der Waals surface area contributed by atoms with E-state index < -0.39 is 6.04 Å². The Balaban J connectivity index is 1.30. The minimum absolute atomic E-state index is 0.0490. The van der Waals surface area contributed by atoms with Crippen LogP contribution in [0.2, 0.25) is 0 Å². The van der Waals surface area contributed by atoms with Crippen molar-refractivity contribution in [2.24, 2.45) is 5.41 Å². The third kappa shape index (κ3) is 6.55. The van der Waals surface area contributed by atoms with Crippen LogP contribution in [-0.2, 0) is 16.1 Å². The Hall–Kier alpha value is -4.29. The molecule has 5 heterocycles. The van der Waals surface area contributed by atoms with Crippen molar-refractivity contribution < 1.29 is 14.4 Å². The highest BCUT2D eigenvalue weighted by molar-refractivity contribution is 9.10. The number of hydrogen-bond donors (Lipinski definition) is 1. The van der Waals surface area contributed by atoms with Gasteiger partial charge in [0.2, 0.25) is 11.8 Å². The van der Waals surface area contributed by atoms with Crippen LogP contribution in [0, 0.1) is 19.3 Å². The Morgan fingerprint density at radius 3 is 2.61 bits per heavy atom. The topological polar surface area (TPSA) is 126 Å². The summed E-state index contributed by atoms with van der Waals surface area (Å²) in [6.07, 6.45) is 13.4. The van der Waals surface area contributed by atoms with E-state index in [0.717, 1.165) is 67.4 Å². The number of nitrogens with zero attached hydrogens (tertiary/aromatic N) is 7. The van der Waals surface area contributed by atoms with Gasteiger partial charge in [-0.25, -0.2) is 15.0 Å². The minimum atomic E-state index is -0.652. The average molecular weight is 726 g/mol. The van der Waals surface area contributed by atoms with Crippen LogP contribution in [0.3, 0.4) is 0 Å². The van der Waals surface area contributed by atoms with Crippen molar-refractivity contribution >= 4 is 56.3 Å². The summed E-state index contributed by atoms with van der Waals surface area (Å²) in [5.41, 5.74) is 4.26. The number of piperidine rings is 1. The number of Topliss-reactive ketones (excluding diaryl/α,β-unsaturated/α-hetero) is 1. The van der Waals surface area contributed by atoms with Crippen LogP contribution in [0.5, 0.6) is 0 Å². The van der Waals surface area contributed by atoms with E-state index in [2.05, 4.69) is 60.3 Å². The zero-order chi connectivity index (χ0) is 34.4. The summed E-state index contributed by atoms with van der Waals surface area (Å²) in [6.45, 7) is 6.93. The summed E-state index contributed by atoms with van der Waals surface area (Å²) >= 11 is 3.41. The van der Waals surface area contributed by atoms with Crippen molar-refractivity contribution in [3.05, 3.63) is 70.0 Å². The molecular formula is C37H41BrN8O3. The molecule has 7 rings (SSSR count). The van der Waals surface area contributed by atoms with Gasteiger partial charge < -0.3 is 15.1 Å². The van der Waals surface area contributed by atoms with Gasteiger partial charge in [0.05, 0.1) is 5.52 Å². The Morgan fingerprint density at radius 1 is 1.04 bits per heavy atom. The number of rotatable bonds is 4. The SMILES string of the molecule is CC(=O)c1nn2c3c(cc(-c4cnc(C)nc4)cc13)C=CCCCCCN(C)C[C@@]13C[C@@H](C(=O)Nc4nc(Br)ccc4C)N(C(=O)C2)[C@@H]1C3. The van der Waals surface area contributed by atoms with Gasteiger partial charge in [0.25, 0.3) is 0 Å². The summed E-state index contributed by atoms with van der Waals surface area (Å²) in [6, 6.07) is 7.02. The average Bonchev–Trinajstić information content (AvgIpc) is 3.45. The van der Waals surface area contributed by atoms with Crippen LogP contribution in [0.4, 0.5) is 5.82 Å². The summed E-state index contributed by atoms with van der Waals surface area (Å²) in [7, 11) is 2.14. The maximum Gasteiger partial charge on any atom is 0.248 e. The fourth-order valence-electron chi connectivity index (χ4n) is 7.69. The van der Waals surface area contributed by atoms with E-state index >= 15 is 0 Å². The first-order valence-corrected chi connectivity index (χ1v) is 17.8. The molecule has 2 fully saturated rings. The molecule has 1 saturated carbocycles. The van der Waals surface area contributed by atoms with E-state index in [1.54, 1.807) is 22.0 Å². The van der Waals surface area contributed by atoms with Gasteiger partial charge in [-0.2, -0.15) is 5.10 Å². The van der Waals surface area contributed by atoms with Gasteiger partial charge >= 0.3 is 0 Å². The standard InChI is InChI=1S/C37H41BrN8O3/c1-22-11-12-31(38)41-35(22)42-36(49)29-16-37-17-30(37)46(29)32(48)20-45-34-25(10-8-6-5-7-9-13-44(4)21-37)14-26(27-18-39-24(3)40-19-27)15-28(34)33(43-45)23(2)47/h8,10-12,14-15,18-19,29-30H,5-7,9,13,16-17,20-21H2,1-4H3,(H,41,42,49)/t29-,30+,37-/m0/s1. The number of amides is 2. The Bertz CT molecular complexity index is 1990. The summed E-state index contributed by atoms with van der Waals surface area (Å²) in [5.74, 6) is 0.524. The first-order chi connectivity index (χ1) is 23.5. The number of hydrogen-bond acceptors (Lipinski definition) is 8. The second-order valence-corrected chi connectivity index (χ2v) is 14.7. The molecule has 1 N–H and O–H groups in total. The van der Waals surface area contributed by atoms with Crippen LogP contribution >= 0.6 is 15.9 Å². The highest BCUT2D eigenvalue weighted by atomic mass is 79.9. The van der Waals surface area contributed by atoms with Crippen LogP contribution in [0.25, 0.3) is 28.1 Å². The molecule has 2 bridgehead atoms. The fraction of sp³-hybridized carbons (Fsp3) is 0.432. The van der Waals surface area contributed by atoms with Crippen molar-refractivity contribution in [1.29, 1.82) is 0 Å². The van der Waals surface area contributed by atoms with Gasteiger partial charge in [0.15, 0.2) is 5.78 Å². The molecule has 3 atom stereocenters. The van der Waals surface area contributed by atoms with Gasteiger partial charge in [-0.1, -0.05) is 24.6 Å². The monoisotopic (exact) mass is 724 g/mol. The lowest BCUT2D eigenvalue weighted by Crippen LogP contribution is -2.47. The van der Waals surface area contributed by atoms with Gasteiger partial charge in [-0.15, -0.1) is 0 Å². The second kappa shape index (κ2) is 13.2. The van der Waals surface area contributed by atoms with Gasteiger partial charge in [0.1, 0.15) is 34.5 Å². The maximum atomic E-state index is 14.5. The van der Waals surface area contributed by atoms with E-state index in [1.807, 2.05) is 38.1 Å². The van der Waals surface area contributed by atoms with E-state index in [0.29, 0.717) is 39.3 Å². The van der Waals surface area contributed by atoms with Crippen molar-refractivity contribution in [3.63, 3.8) is 0 Å². The number of pyridine rings is 1. The molecule has 1 saturated heterocycles. The van der Waals surface area contributed by atoms with Crippen LogP contribution in [0.15, 0.2) is 47.3 Å². The first kappa shape index (κ1) is 33.2. The number of benzene rings is 1. The summed E-state index contributed by atoms with van der Waals surface area (Å²) in [4.78, 5) is 58.9. The van der Waals surface area contributed by atoms with Crippen molar-refractivity contribution in [2.75, 3.05) is 25.5 Å². The fourth-order valence-corrected chi connectivity index (χ4v) is 8.00. The maximum absolute atomic E-state index is 14.5. The van der Waals surface area contributed by atoms with Crippen LogP contribution in [-0.4, -0.2) is 84.4 Å². The molecule has 4 aromatic rings. The van der Waals surface area contributed by atoms with Crippen LogP contribution in [0.1, 0.15) is 72.9 Å². The van der Waals surface area contributed by atoms with Gasteiger partial charge in [0, 0.05) is 53.8 Å². The highest BCUT2D eigenvalue weighted by Gasteiger charge is 2.67. The van der Waals surface area contributed by atoms with E-state index in [-0.39, 0.29) is 35.6 Å². The molecule has 254 valence electrons. The third-order valence-electron chi connectivity index (χ3n) is 10.2. The number of carbonyl (C=O) groups is 3. The molecule has 12 heteroatoms. The number of ketones is 1. The number of carbonyl (C=O) groups excluding carboxylic acids is 3. The largest absolute Gasteiger partial charge is 0.325 e. The molecule has 2 amide bonds. The molecule has 0 radical (unpaired) electrons. The van der Waals surface area contributed by atoms with Gasteiger partial charge in [-0.3, -0.25) is 19.1 Å². The number of nitrogens with one attached hydrogen (secondary N) is 1. The first-order valence-electron chi connectivity index (χ1n) is 17.0. The predicted molar refractivity (Wildman–Crippen MR) is 192 cm³/mol. The van der Waals surface area contributed by atoms with E-state index in [9.17, 15) is 14.4 Å². The van der Waals surface area contributed by atoms with E-state index in [1.165, 1.54) is 6.92 Å². The molecular weight excluding hydrogens is 684 g/mol. The van der Waals surface area contributed by atoms with Gasteiger partial charge in [-0.05, 0) is 105 Å². The number of aryl methyl sites for hydroxylation is 2. The molecule has 0 unspecified atom stereocenters. The Kier molecular flexibility index (Phi) is 8.95. The molecule has 3 aliphatic rings. The normalized spacial score (nSPS) is 23.0. The summed E-state index contributed by atoms with van der Waals surface area (Å²) in [5, 5.41) is 8.45. The van der Waals surface area contributed by atoms with E-state index in [4.69, 9.17) is 5.10 Å². The number of anilines is 1. The van der Waals surface area contributed by atoms with Crippen LogP contribution < -0.4 is 5.32 Å². The lowest BCUT2D eigenvalue weighted by Gasteiger charge is -2.27. The van der Waals surface area contributed by atoms with Crippen molar-refractivity contribution in [1.82, 2.24) is 34.5 Å². The van der Waals surface area contributed by atoms with Crippen molar-refractivity contribution in [3.8, 4) is 11.1 Å². The highest BCUT2D eigenvalue weighted by Crippen LogP contribution is 2.60. The zero-order valence-corrected chi connectivity index (χ0v) is 30.0. The molecule has 3 aromatic heterocycles. The number of halogens is 1. The number of allylic oxidation sites excluding steroid dienone is 1.